The summed E-state index contributed by atoms with van der Waals surface area (Å²) in [6, 6.07) is 4.42. The fraction of sp³-hybridized carbons (Fsp3) is 0.615. The molecule has 1 saturated carbocycles. The summed E-state index contributed by atoms with van der Waals surface area (Å²) in [6.07, 6.45) is 4.86. The number of aliphatic hydroxyl groups is 1. The van der Waals surface area contributed by atoms with E-state index in [1.54, 1.807) is 0 Å². The van der Waals surface area contributed by atoms with Crippen molar-refractivity contribution in [3.63, 3.8) is 0 Å². The molecule has 1 aliphatic carbocycles. The minimum Gasteiger partial charge on any atom is -0.390 e. The molecular formula is C13H19ClN2O. The van der Waals surface area contributed by atoms with Gasteiger partial charge in [0.15, 0.2) is 0 Å². The number of pyridine rings is 1. The molecule has 1 aromatic heterocycles. The number of hydrogen-bond acceptors (Lipinski definition) is 3. The van der Waals surface area contributed by atoms with Crippen LogP contribution in [0.1, 0.15) is 38.3 Å². The Morgan fingerprint density at radius 3 is 2.82 bits per heavy atom. The Morgan fingerprint density at radius 2 is 2.24 bits per heavy atom. The lowest BCUT2D eigenvalue weighted by molar-refractivity contribution is 0.277. The molecule has 0 bridgehead atoms. The van der Waals surface area contributed by atoms with E-state index in [-0.39, 0.29) is 6.61 Å². The normalized spacial score (nSPS) is 15.0. The fourth-order valence-electron chi connectivity index (χ4n) is 1.94. The quantitative estimate of drug-likeness (QED) is 0.848. The van der Waals surface area contributed by atoms with E-state index < -0.39 is 0 Å². The molecule has 0 atom stereocenters. The number of anilines is 1. The largest absolute Gasteiger partial charge is 0.390 e. The number of rotatable bonds is 6. The summed E-state index contributed by atoms with van der Waals surface area (Å²) in [5, 5.41) is 9.73. The molecule has 0 unspecified atom stereocenters. The van der Waals surface area contributed by atoms with Crippen molar-refractivity contribution in [1.29, 1.82) is 0 Å². The van der Waals surface area contributed by atoms with Gasteiger partial charge >= 0.3 is 0 Å². The van der Waals surface area contributed by atoms with Crippen LogP contribution >= 0.6 is 11.6 Å². The highest BCUT2D eigenvalue weighted by Crippen LogP contribution is 2.31. The summed E-state index contributed by atoms with van der Waals surface area (Å²) in [4.78, 5) is 6.80. The molecule has 0 aromatic carbocycles. The molecule has 4 heteroatoms. The summed E-state index contributed by atoms with van der Waals surface area (Å²) >= 11 is 5.96. The topological polar surface area (TPSA) is 36.4 Å². The number of halogens is 1. The Balaban J connectivity index is 2.16. The Hall–Kier alpha value is -0.800. The van der Waals surface area contributed by atoms with Crippen molar-refractivity contribution >= 4 is 17.4 Å². The number of hydrogen-bond donors (Lipinski definition) is 1. The van der Waals surface area contributed by atoms with Crippen molar-refractivity contribution in [2.45, 2.75) is 45.3 Å². The zero-order valence-electron chi connectivity index (χ0n) is 10.2. The highest BCUT2D eigenvalue weighted by molar-refractivity contribution is 6.31. The fourth-order valence-corrected chi connectivity index (χ4v) is 2.11. The van der Waals surface area contributed by atoms with Crippen molar-refractivity contribution in [2.75, 3.05) is 11.4 Å². The molecule has 1 aromatic rings. The highest BCUT2D eigenvalue weighted by Gasteiger charge is 2.29. The summed E-state index contributed by atoms with van der Waals surface area (Å²) in [5.41, 5.74) is 0.575. The average molecular weight is 255 g/mol. The third-order valence-corrected chi connectivity index (χ3v) is 3.43. The summed E-state index contributed by atoms with van der Waals surface area (Å²) in [7, 11) is 0. The lowest BCUT2D eigenvalue weighted by Gasteiger charge is -2.24. The molecule has 1 fully saturated rings. The predicted molar refractivity (Wildman–Crippen MR) is 70.4 cm³/mol. The van der Waals surface area contributed by atoms with E-state index >= 15 is 0 Å². The second-order valence-corrected chi connectivity index (χ2v) is 4.94. The lowest BCUT2D eigenvalue weighted by Crippen LogP contribution is -2.27. The van der Waals surface area contributed by atoms with Crippen LogP contribution in [0.25, 0.3) is 0 Å². The third-order valence-electron chi connectivity index (χ3n) is 3.09. The first-order valence-corrected chi connectivity index (χ1v) is 6.67. The second kappa shape index (κ2) is 5.69. The first-order valence-electron chi connectivity index (χ1n) is 6.29. The molecule has 0 amide bonds. The molecule has 1 N–H and O–H groups in total. The average Bonchev–Trinajstić information content (AvgIpc) is 3.16. The maximum absolute atomic E-state index is 9.19. The van der Waals surface area contributed by atoms with Crippen LogP contribution in [-0.4, -0.2) is 22.7 Å². The van der Waals surface area contributed by atoms with Crippen LogP contribution in [0.15, 0.2) is 12.1 Å². The molecule has 1 aliphatic rings. The Bertz CT molecular complexity index is 380. The predicted octanol–water partition coefficient (Wildman–Crippen LogP) is 3.00. The van der Waals surface area contributed by atoms with Crippen molar-refractivity contribution in [3.8, 4) is 0 Å². The molecule has 0 saturated heterocycles. The van der Waals surface area contributed by atoms with Gasteiger partial charge in [-0.15, -0.1) is 0 Å². The van der Waals surface area contributed by atoms with Crippen molar-refractivity contribution in [1.82, 2.24) is 4.98 Å². The summed E-state index contributed by atoms with van der Waals surface area (Å²) in [6.45, 7) is 3.14. The molecule has 2 rings (SSSR count). The number of nitrogens with zero attached hydrogens (tertiary/aromatic N) is 2. The van der Waals surface area contributed by atoms with Crippen LogP contribution in [-0.2, 0) is 6.61 Å². The van der Waals surface area contributed by atoms with E-state index in [4.69, 9.17) is 11.6 Å². The summed E-state index contributed by atoms with van der Waals surface area (Å²) < 4.78 is 0. The molecule has 0 radical (unpaired) electrons. The molecule has 0 spiro atoms. The van der Waals surface area contributed by atoms with Gasteiger partial charge < -0.3 is 10.0 Å². The molecule has 0 aliphatic heterocycles. The van der Waals surface area contributed by atoms with Gasteiger partial charge in [-0.05, 0) is 31.4 Å². The summed E-state index contributed by atoms with van der Waals surface area (Å²) in [5.74, 6) is 0.953. The van der Waals surface area contributed by atoms with E-state index in [1.165, 1.54) is 25.7 Å². The smallest absolute Gasteiger partial charge is 0.129 e. The number of aliphatic hydroxyl groups excluding tert-OH is 1. The molecule has 3 nitrogen and oxygen atoms in total. The van der Waals surface area contributed by atoms with Gasteiger partial charge in [0.2, 0.25) is 0 Å². The van der Waals surface area contributed by atoms with Gasteiger partial charge in [-0.1, -0.05) is 24.9 Å². The molecule has 94 valence electrons. The SMILES string of the molecule is CCCCN(c1ccc(Cl)c(CO)n1)C1CC1. The van der Waals surface area contributed by atoms with Crippen LogP contribution in [0.3, 0.4) is 0 Å². The highest BCUT2D eigenvalue weighted by atomic mass is 35.5. The molecule has 17 heavy (non-hydrogen) atoms. The maximum atomic E-state index is 9.19. The van der Waals surface area contributed by atoms with E-state index in [2.05, 4.69) is 16.8 Å². The van der Waals surface area contributed by atoms with Gasteiger partial charge in [-0.2, -0.15) is 0 Å². The van der Waals surface area contributed by atoms with Gasteiger partial charge in [0.05, 0.1) is 17.3 Å². The van der Waals surface area contributed by atoms with E-state index in [0.29, 0.717) is 16.8 Å². The number of unbranched alkanes of at least 4 members (excludes halogenated alkanes) is 1. The van der Waals surface area contributed by atoms with Crippen LogP contribution in [0.2, 0.25) is 5.02 Å². The Labute approximate surface area is 107 Å². The first-order chi connectivity index (χ1) is 8.26. The van der Waals surface area contributed by atoms with Gasteiger partial charge in [-0.25, -0.2) is 4.98 Å². The first kappa shape index (κ1) is 12.7. The van der Waals surface area contributed by atoms with E-state index in [0.717, 1.165) is 12.4 Å². The molecular weight excluding hydrogens is 236 g/mol. The van der Waals surface area contributed by atoms with Crippen molar-refractivity contribution in [3.05, 3.63) is 22.8 Å². The van der Waals surface area contributed by atoms with Crippen LogP contribution in [0.5, 0.6) is 0 Å². The standard InChI is InChI=1S/C13H19ClN2O/c1-2-3-8-16(10-4-5-10)13-7-6-11(14)12(9-17)15-13/h6-7,10,17H,2-5,8-9H2,1H3. The number of aromatic nitrogens is 1. The Morgan fingerprint density at radius 1 is 1.47 bits per heavy atom. The van der Waals surface area contributed by atoms with Gasteiger partial charge in [-0.3, -0.25) is 0 Å². The van der Waals surface area contributed by atoms with Crippen molar-refractivity contribution < 1.29 is 5.11 Å². The van der Waals surface area contributed by atoms with E-state index in [9.17, 15) is 5.11 Å². The van der Waals surface area contributed by atoms with Crippen LogP contribution < -0.4 is 4.90 Å². The zero-order chi connectivity index (χ0) is 12.3. The monoisotopic (exact) mass is 254 g/mol. The maximum Gasteiger partial charge on any atom is 0.129 e. The van der Waals surface area contributed by atoms with Crippen LogP contribution in [0, 0.1) is 0 Å². The molecule has 1 heterocycles. The Kier molecular flexibility index (Phi) is 4.24. The lowest BCUT2D eigenvalue weighted by atomic mass is 10.3. The van der Waals surface area contributed by atoms with Crippen LogP contribution in [0.4, 0.5) is 5.82 Å². The third kappa shape index (κ3) is 3.11. The second-order valence-electron chi connectivity index (χ2n) is 4.53. The van der Waals surface area contributed by atoms with Gasteiger partial charge in [0, 0.05) is 12.6 Å². The van der Waals surface area contributed by atoms with Gasteiger partial charge in [0.1, 0.15) is 5.82 Å². The van der Waals surface area contributed by atoms with Gasteiger partial charge in [0.25, 0.3) is 0 Å². The van der Waals surface area contributed by atoms with E-state index in [1.807, 2.05) is 12.1 Å². The minimum absolute atomic E-state index is 0.0983. The minimum atomic E-state index is -0.0983. The zero-order valence-corrected chi connectivity index (χ0v) is 11.0. The van der Waals surface area contributed by atoms with Crippen molar-refractivity contribution in [2.24, 2.45) is 0 Å².